The summed E-state index contributed by atoms with van der Waals surface area (Å²) in [6.07, 6.45) is 2.42. The maximum Gasteiger partial charge on any atom is 0.224 e. The van der Waals surface area contributed by atoms with Crippen molar-refractivity contribution in [3.8, 4) is 5.69 Å². The van der Waals surface area contributed by atoms with Crippen molar-refractivity contribution in [2.45, 2.75) is 39.2 Å². The summed E-state index contributed by atoms with van der Waals surface area (Å²) >= 11 is 0. The van der Waals surface area contributed by atoms with Gasteiger partial charge in [0.05, 0.1) is 17.8 Å². The predicted molar refractivity (Wildman–Crippen MR) is 98.0 cm³/mol. The highest BCUT2D eigenvalue weighted by Crippen LogP contribution is 2.19. The molecule has 3 rings (SSSR count). The first kappa shape index (κ1) is 19.4. The molecule has 2 heterocycles. The lowest BCUT2D eigenvalue weighted by atomic mass is 10.1. The maximum atomic E-state index is 13.1. The van der Waals surface area contributed by atoms with Gasteiger partial charge < -0.3 is 10.6 Å². The number of piperidine rings is 1. The maximum absolute atomic E-state index is 13.1. The molecule has 1 aliphatic rings. The molecule has 1 fully saturated rings. The minimum Gasteiger partial charge on any atom is -0.352 e. The molecule has 1 amide bonds. The van der Waals surface area contributed by atoms with E-state index in [1.54, 1.807) is 16.8 Å². The van der Waals surface area contributed by atoms with Gasteiger partial charge in [0.1, 0.15) is 5.82 Å². The Bertz CT molecular complexity index is 723. The number of aromatic nitrogens is 2. The molecule has 1 aliphatic heterocycles. The van der Waals surface area contributed by atoms with Gasteiger partial charge >= 0.3 is 0 Å². The van der Waals surface area contributed by atoms with E-state index in [0.29, 0.717) is 6.42 Å². The zero-order valence-electron chi connectivity index (χ0n) is 14.5. The Labute approximate surface area is 153 Å². The third-order valence-electron chi connectivity index (χ3n) is 4.51. The van der Waals surface area contributed by atoms with Gasteiger partial charge in [-0.25, -0.2) is 9.07 Å². The summed E-state index contributed by atoms with van der Waals surface area (Å²) < 4.78 is 14.9. The second-order valence-electron chi connectivity index (χ2n) is 6.33. The summed E-state index contributed by atoms with van der Waals surface area (Å²) in [5.41, 5.74) is 3.46. The molecule has 25 heavy (non-hydrogen) atoms. The summed E-state index contributed by atoms with van der Waals surface area (Å²) in [5.74, 6) is -0.255. The van der Waals surface area contributed by atoms with Gasteiger partial charge in [-0.3, -0.25) is 4.79 Å². The van der Waals surface area contributed by atoms with Crippen molar-refractivity contribution >= 4 is 18.3 Å². The van der Waals surface area contributed by atoms with Gasteiger partial charge in [0.2, 0.25) is 5.91 Å². The molecular weight excluding hydrogens is 343 g/mol. The molecule has 0 bridgehead atoms. The normalized spacial score (nSPS) is 17.0. The third-order valence-corrected chi connectivity index (χ3v) is 4.51. The molecule has 0 radical (unpaired) electrons. The van der Waals surface area contributed by atoms with E-state index in [1.165, 1.54) is 12.1 Å². The van der Waals surface area contributed by atoms with Crippen molar-refractivity contribution < 1.29 is 9.18 Å². The number of halogens is 2. The number of benzene rings is 1. The number of aryl methyl sites for hydroxylation is 1. The number of carbonyl (C=O) groups is 1. The molecule has 2 N–H and O–H groups in total. The highest BCUT2D eigenvalue weighted by atomic mass is 35.5. The van der Waals surface area contributed by atoms with Crippen LogP contribution in [0.4, 0.5) is 4.39 Å². The van der Waals surface area contributed by atoms with Gasteiger partial charge in [-0.1, -0.05) is 0 Å². The molecule has 0 spiro atoms. The first-order valence-corrected chi connectivity index (χ1v) is 8.35. The van der Waals surface area contributed by atoms with Crippen molar-refractivity contribution in [1.29, 1.82) is 0 Å². The molecule has 7 heteroatoms. The van der Waals surface area contributed by atoms with Crippen LogP contribution in [0.15, 0.2) is 24.3 Å². The summed E-state index contributed by atoms with van der Waals surface area (Å²) in [5, 5.41) is 10.9. The quantitative estimate of drug-likeness (QED) is 0.873. The van der Waals surface area contributed by atoms with Gasteiger partial charge in [0.25, 0.3) is 0 Å². The Balaban J connectivity index is 0.00000225. The summed E-state index contributed by atoms with van der Waals surface area (Å²) in [4.78, 5) is 12.4. The van der Waals surface area contributed by atoms with Crippen LogP contribution in [0.2, 0.25) is 0 Å². The van der Waals surface area contributed by atoms with Gasteiger partial charge in [0.15, 0.2) is 0 Å². The van der Waals surface area contributed by atoms with Crippen LogP contribution in [-0.2, 0) is 11.2 Å². The first-order chi connectivity index (χ1) is 11.5. The number of rotatable bonds is 4. The summed E-state index contributed by atoms with van der Waals surface area (Å²) in [7, 11) is 0. The Kier molecular flexibility index (Phi) is 6.56. The van der Waals surface area contributed by atoms with E-state index in [-0.39, 0.29) is 30.2 Å². The van der Waals surface area contributed by atoms with E-state index in [9.17, 15) is 9.18 Å². The van der Waals surface area contributed by atoms with Gasteiger partial charge in [-0.15, -0.1) is 12.4 Å². The van der Waals surface area contributed by atoms with Gasteiger partial charge in [-0.05, 0) is 57.5 Å². The molecule has 1 atom stereocenters. The Morgan fingerprint density at radius 2 is 2.08 bits per heavy atom. The molecule has 0 saturated carbocycles. The van der Waals surface area contributed by atoms with E-state index in [0.717, 1.165) is 48.6 Å². The van der Waals surface area contributed by atoms with E-state index < -0.39 is 0 Å². The minimum atomic E-state index is -0.277. The second-order valence-corrected chi connectivity index (χ2v) is 6.33. The Hall–Kier alpha value is -1.92. The Morgan fingerprint density at radius 3 is 2.72 bits per heavy atom. The average molecular weight is 367 g/mol. The highest BCUT2D eigenvalue weighted by Gasteiger charge is 2.19. The molecule has 1 aromatic carbocycles. The number of amides is 1. The molecule has 2 aromatic rings. The third kappa shape index (κ3) is 4.58. The van der Waals surface area contributed by atoms with E-state index >= 15 is 0 Å². The average Bonchev–Trinajstić information content (AvgIpc) is 2.85. The van der Waals surface area contributed by atoms with Crippen molar-refractivity contribution in [2.75, 3.05) is 13.1 Å². The monoisotopic (exact) mass is 366 g/mol. The zero-order chi connectivity index (χ0) is 17.1. The molecule has 136 valence electrons. The van der Waals surface area contributed by atoms with Crippen LogP contribution >= 0.6 is 12.4 Å². The minimum absolute atomic E-state index is 0. The van der Waals surface area contributed by atoms with Crippen LogP contribution in [0.3, 0.4) is 0 Å². The van der Waals surface area contributed by atoms with Crippen LogP contribution in [-0.4, -0.2) is 34.8 Å². The SMILES string of the molecule is Cc1nn(-c2ccc(F)cc2)c(C)c1CC(=O)N[C@H]1CCCNC1.Cl. The van der Waals surface area contributed by atoms with Crippen LogP contribution in [0, 0.1) is 19.7 Å². The van der Waals surface area contributed by atoms with Gasteiger partial charge in [0, 0.05) is 23.8 Å². The van der Waals surface area contributed by atoms with Crippen LogP contribution < -0.4 is 10.6 Å². The molecular formula is C18H24ClFN4O. The van der Waals surface area contributed by atoms with Crippen molar-refractivity contribution in [3.05, 3.63) is 47.0 Å². The molecule has 5 nitrogen and oxygen atoms in total. The zero-order valence-corrected chi connectivity index (χ0v) is 15.3. The molecule has 0 aliphatic carbocycles. The largest absolute Gasteiger partial charge is 0.352 e. The van der Waals surface area contributed by atoms with E-state index in [2.05, 4.69) is 15.7 Å². The number of nitrogens with one attached hydrogen (secondary N) is 2. The van der Waals surface area contributed by atoms with Crippen LogP contribution in [0.5, 0.6) is 0 Å². The van der Waals surface area contributed by atoms with E-state index in [1.807, 2.05) is 13.8 Å². The number of carbonyl (C=O) groups excluding carboxylic acids is 1. The van der Waals surface area contributed by atoms with E-state index in [4.69, 9.17) is 0 Å². The predicted octanol–water partition coefficient (Wildman–Crippen LogP) is 2.46. The smallest absolute Gasteiger partial charge is 0.224 e. The fourth-order valence-corrected chi connectivity index (χ4v) is 3.18. The lowest BCUT2D eigenvalue weighted by Crippen LogP contribution is -2.46. The lowest BCUT2D eigenvalue weighted by molar-refractivity contribution is -0.121. The molecule has 0 unspecified atom stereocenters. The van der Waals surface area contributed by atoms with Crippen molar-refractivity contribution in [3.63, 3.8) is 0 Å². The molecule has 1 saturated heterocycles. The molecule has 1 aromatic heterocycles. The van der Waals surface area contributed by atoms with Crippen LogP contribution in [0.1, 0.15) is 29.8 Å². The van der Waals surface area contributed by atoms with Crippen molar-refractivity contribution in [1.82, 2.24) is 20.4 Å². The lowest BCUT2D eigenvalue weighted by Gasteiger charge is -2.23. The Morgan fingerprint density at radius 1 is 1.36 bits per heavy atom. The summed E-state index contributed by atoms with van der Waals surface area (Å²) in [6.45, 7) is 5.69. The van der Waals surface area contributed by atoms with Crippen molar-refractivity contribution in [2.24, 2.45) is 0 Å². The first-order valence-electron chi connectivity index (χ1n) is 8.35. The summed E-state index contributed by atoms with van der Waals surface area (Å²) in [6, 6.07) is 6.40. The standard InChI is InChI=1S/C18H23FN4O.ClH/c1-12-17(10-18(24)21-15-4-3-9-20-11-15)13(2)23(22-12)16-7-5-14(19)6-8-16;/h5-8,15,20H,3-4,9-11H2,1-2H3,(H,21,24);1H/t15-;/m0./s1. The highest BCUT2D eigenvalue weighted by molar-refractivity contribution is 5.85. The number of nitrogens with zero attached hydrogens (tertiary/aromatic N) is 2. The fourth-order valence-electron chi connectivity index (χ4n) is 3.18. The second kappa shape index (κ2) is 8.45. The number of hydrogen-bond acceptors (Lipinski definition) is 3. The van der Waals surface area contributed by atoms with Gasteiger partial charge in [-0.2, -0.15) is 5.10 Å². The topological polar surface area (TPSA) is 59.0 Å². The number of hydrogen-bond donors (Lipinski definition) is 2. The fraction of sp³-hybridized carbons (Fsp3) is 0.444. The van der Waals surface area contributed by atoms with Crippen LogP contribution in [0.25, 0.3) is 5.69 Å².